The van der Waals surface area contributed by atoms with Gasteiger partial charge in [0.2, 0.25) is 0 Å². The van der Waals surface area contributed by atoms with E-state index in [0.29, 0.717) is 17.7 Å². The molecule has 0 atom stereocenters. The maximum Gasteiger partial charge on any atom is 0.131 e. The highest BCUT2D eigenvalue weighted by Crippen LogP contribution is 2.26. The third-order valence-electron chi connectivity index (χ3n) is 3.18. The van der Waals surface area contributed by atoms with Gasteiger partial charge in [0.05, 0.1) is 13.2 Å². The first-order valence-electron chi connectivity index (χ1n) is 6.14. The minimum atomic E-state index is -0.321. The number of ether oxygens (including phenoxy) is 1. The summed E-state index contributed by atoms with van der Waals surface area (Å²) in [6, 6.07) is 10.6. The smallest absolute Gasteiger partial charge is 0.131 e. The number of benzene rings is 2. The van der Waals surface area contributed by atoms with Crippen LogP contribution < -0.4 is 0 Å². The van der Waals surface area contributed by atoms with Gasteiger partial charge in [-0.1, -0.05) is 24.3 Å². The summed E-state index contributed by atoms with van der Waals surface area (Å²) < 4.78 is 19.1. The number of aryl methyl sites for hydroxylation is 1. The maximum absolute atomic E-state index is 14.0. The van der Waals surface area contributed by atoms with Crippen LogP contribution in [0, 0.1) is 12.7 Å². The van der Waals surface area contributed by atoms with E-state index in [9.17, 15) is 4.39 Å². The predicted octanol–water partition coefficient (Wildman–Crippen LogP) is 3.44. The molecule has 0 fully saturated rings. The SMILES string of the molecule is COCc1cc(-c2ccc(CO)cc2F)ccc1C. The summed E-state index contributed by atoms with van der Waals surface area (Å²) in [7, 11) is 1.64. The lowest BCUT2D eigenvalue weighted by Gasteiger charge is -2.10. The Morgan fingerprint density at radius 3 is 2.58 bits per heavy atom. The van der Waals surface area contributed by atoms with Crippen LogP contribution in [0.4, 0.5) is 4.39 Å². The molecular formula is C16H17FO2. The van der Waals surface area contributed by atoms with Crippen LogP contribution in [0.5, 0.6) is 0 Å². The van der Waals surface area contributed by atoms with Gasteiger partial charge in [0.25, 0.3) is 0 Å². The van der Waals surface area contributed by atoms with Crippen LogP contribution in [0.1, 0.15) is 16.7 Å². The number of hydrogen-bond acceptors (Lipinski definition) is 2. The van der Waals surface area contributed by atoms with Gasteiger partial charge in [-0.05, 0) is 41.3 Å². The number of methoxy groups -OCH3 is 1. The van der Waals surface area contributed by atoms with Gasteiger partial charge in [-0.25, -0.2) is 4.39 Å². The average Bonchev–Trinajstić information content (AvgIpc) is 2.41. The highest BCUT2D eigenvalue weighted by atomic mass is 19.1. The number of aliphatic hydroxyl groups is 1. The number of rotatable bonds is 4. The largest absolute Gasteiger partial charge is 0.392 e. The van der Waals surface area contributed by atoms with Crippen LogP contribution in [0.15, 0.2) is 36.4 Å². The molecule has 0 unspecified atom stereocenters. The van der Waals surface area contributed by atoms with E-state index >= 15 is 0 Å². The summed E-state index contributed by atoms with van der Waals surface area (Å²) in [5, 5.41) is 8.99. The number of hydrogen-bond donors (Lipinski definition) is 1. The molecule has 0 aliphatic carbocycles. The van der Waals surface area contributed by atoms with E-state index in [0.717, 1.165) is 16.7 Å². The molecule has 2 aromatic rings. The minimum Gasteiger partial charge on any atom is -0.392 e. The monoisotopic (exact) mass is 260 g/mol. The van der Waals surface area contributed by atoms with Crippen molar-refractivity contribution in [2.75, 3.05) is 7.11 Å². The van der Waals surface area contributed by atoms with E-state index in [1.807, 2.05) is 25.1 Å². The second kappa shape index (κ2) is 5.95. The maximum atomic E-state index is 14.0. The summed E-state index contributed by atoms with van der Waals surface area (Å²) in [4.78, 5) is 0. The van der Waals surface area contributed by atoms with Crippen molar-refractivity contribution in [2.24, 2.45) is 0 Å². The first-order chi connectivity index (χ1) is 9.15. The molecular weight excluding hydrogens is 243 g/mol. The van der Waals surface area contributed by atoms with Crippen molar-refractivity contribution in [1.29, 1.82) is 0 Å². The number of aliphatic hydroxyl groups excluding tert-OH is 1. The highest BCUT2D eigenvalue weighted by Gasteiger charge is 2.08. The van der Waals surface area contributed by atoms with E-state index in [2.05, 4.69) is 0 Å². The standard InChI is InChI=1S/C16H17FO2/c1-11-3-5-13(8-14(11)10-19-2)15-6-4-12(9-18)7-16(15)17/h3-8,18H,9-10H2,1-2H3. The lowest BCUT2D eigenvalue weighted by Crippen LogP contribution is -1.94. The first-order valence-corrected chi connectivity index (χ1v) is 6.14. The van der Waals surface area contributed by atoms with Gasteiger partial charge in [0, 0.05) is 12.7 Å². The number of halogens is 1. The first kappa shape index (κ1) is 13.7. The van der Waals surface area contributed by atoms with Gasteiger partial charge < -0.3 is 9.84 Å². The van der Waals surface area contributed by atoms with Gasteiger partial charge >= 0.3 is 0 Å². The Morgan fingerprint density at radius 2 is 1.95 bits per heavy atom. The molecule has 100 valence electrons. The Bertz CT molecular complexity index is 579. The molecule has 0 aliphatic rings. The Hall–Kier alpha value is -1.71. The topological polar surface area (TPSA) is 29.5 Å². The average molecular weight is 260 g/mol. The third-order valence-corrected chi connectivity index (χ3v) is 3.18. The Labute approximate surface area is 112 Å². The molecule has 0 aromatic heterocycles. The van der Waals surface area contributed by atoms with E-state index in [4.69, 9.17) is 9.84 Å². The third kappa shape index (κ3) is 3.00. The van der Waals surface area contributed by atoms with Crippen molar-refractivity contribution in [1.82, 2.24) is 0 Å². The normalized spacial score (nSPS) is 10.7. The van der Waals surface area contributed by atoms with Crippen molar-refractivity contribution in [3.63, 3.8) is 0 Å². The van der Waals surface area contributed by atoms with E-state index < -0.39 is 0 Å². The zero-order valence-corrected chi connectivity index (χ0v) is 11.1. The van der Waals surface area contributed by atoms with Crippen molar-refractivity contribution in [3.05, 3.63) is 58.9 Å². The summed E-state index contributed by atoms with van der Waals surface area (Å²) in [5.74, 6) is -0.321. The van der Waals surface area contributed by atoms with E-state index in [-0.39, 0.29) is 12.4 Å². The molecule has 19 heavy (non-hydrogen) atoms. The molecule has 1 N–H and O–H groups in total. The van der Waals surface area contributed by atoms with Crippen molar-refractivity contribution >= 4 is 0 Å². The lowest BCUT2D eigenvalue weighted by atomic mass is 9.99. The molecule has 0 saturated carbocycles. The predicted molar refractivity (Wildman–Crippen MR) is 73.2 cm³/mol. The second-order valence-corrected chi connectivity index (χ2v) is 4.55. The summed E-state index contributed by atoms with van der Waals surface area (Å²) in [6.07, 6.45) is 0. The summed E-state index contributed by atoms with van der Waals surface area (Å²) >= 11 is 0. The Morgan fingerprint density at radius 1 is 1.16 bits per heavy atom. The van der Waals surface area contributed by atoms with Crippen molar-refractivity contribution in [2.45, 2.75) is 20.1 Å². The molecule has 3 heteroatoms. The molecule has 0 amide bonds. The molecule has 2 aromatic carbocycles. The zero-order valence-electron chi connectivity index (χ0n) is 11.1. The van der Waals surface area contributed by atoms with Crippen LogP contribution >= 0.6 is 0 Å². The van der Waals surface area contributed by atoms with Crippen molar-refractivity contribution < 1.29 is 14.2 Å². The molecule has 0 heterocycles. The Balaban J connectivity index is 2.44. The molecule has 0 bridgehead atoms. The molecule has 2 nitrogen and oxygen atoms in total. The molecule has 0 radical (unpaired) electrons. The van der Waals surface area contributed by atoms with Crippen molar-refractivity contribution in [3.8, 4) is 11.1 Å². The van der Waals surface area contributed by atoms with Gasteiger partial charge in [-0.15, -0.1) is 0 Å². The summed E-state index contributed by atoms with van der Waals surface area (Å²) in [5.41, 5.74) is 4.10. The molecule has 0 spiro atoms. The summed E-state index contributed by atoms with van der Waals surface area (Å²) in [6.45, 7) is 2.36. The van der Waals surface area contributed by atoms with Crippen LogP contribution in [0.3, 0.4) is 0 Å². The van der Waals surface area contributed by atoms with E-state index in [1.165, 1.54) is 6.07 Å². The highest BCUT2D eigenvalue weighted by molar-refractivity contribution is 5.66. The fraction of sp³-hybridized carbons (Fsp3) is 0.250. The fourth-order valence-electron chi connectivity index (χ4n) is 2.04. The lowest BCUT2D eigenvalue weighted by molar-refractivity contribution is 0.184. The molecule has 2 rings (SSSR count). The fourth-order valence-corrected chi connectivity index (χ4v) is 2.04. The molecule has 0 saturated heterocycles. The zero-order chi connectivity index (χ0) is 13.8. The van der Waals surface area contributed by atoms with Crippen LogP contribution in [-0.2, 0) is 18.0 Å². The minimum absolute atomic E-state index is 0.153. The van der Waals surface area contributed by atoms with Crippen LogP contribution in [0.2, 0.25) is 0 Å². The quantitative estimate of drug-likeness (QED) is 0.912. The van der Waals surface area contributed by atoms with Gasteiger partial charge in [-0.2, -0.15) is 0 Å². The second-order valence-electron chi connectivity index (χ2n) is 4.55. The molecule has 0 aliphatic heterocycles. The van der Waals surface area contributed by atoms with Gasteiger partial charge in [0.1, 0.15) is 5.82 Å². The Kier molecular flexibility index (Phi) is 4.30. The van der Waals surface area contributed by atoms with Gasteiger partial charge in [0.15, 0.2) is 0 Å². The van der Waals surface area contributed by atoms with E-state index in [1.54, 1.807) is 19.2 Å². The van der Waals surface area contributed by atoms with Crippen LogP contribution in [0.25, 0.3) is 11.1 Å². The van der Waals surface area contributed by atoms with Gasteiger partial charge in [-0.3, -0.25) is 0 Å². The van der Waals surface area contributed by atoms with Crippen LogP contribution in [-0.4, -0.2) is 12.2 Å².